The molecule has 270 valence electrons. The van der Waals surface area contributed by atoms with Gasteiger partial charge in [0, 0.05) is 25.2 Å². The number of aliphatic hydroxyl groups excluding tert-OH is 1. The molecule has 0 aromatic heterocycles. The van der Waals surface area contributed by atoms with Crippen LogP contribution in [-0.2, 0) is 30.3 Å². The van der Waals surface area contributed by atoms with Crippen molar-refractivity contribution < 1.29 is 34.1 Å². The van der Waals surface area contributed by atoms with Crippen LogP contribution in [-0.4, -0.2) is 58.5 Å². The third-order valence-corrected chi connectivity index (χ3v) is 15.5. The van der Waals surface area contributed by atoms with Crippen molar-refractivity contribution in [3.63, 3.8) is 0 Å². The summed E-state index contributed by atoms with van der Waals surface area (Å²) in [5, 5.41) is 26.9. The number of benzene rings is 1. The van der Waals surface area contributed by atoms with Crippen LogP contribution in [0.1, 0.15) is 112 Å². The van der Waals surface area contributed by atoms with Gasteiger partial charge in [0.2, 0.25) is 5.91 Å². The highest BCUT2D eigenvalue weighted by atomic mass is 16.6. The Bertz CT molecular complexity index is 1510. The maximum Gasteiger partial charge on any atom is 0.328 e. The van der Waals surface area contributed by atoms with Crippen LogP contribution in [0.2, 0.25) is 0 Å². The number of nitrogens with one attached hydrogen (secondary N) is 1. The summed E-state index contributed by atoms with van der Waals surface area (Å²) in [7, 11) is 1.35. The third-order valence-electron chi connectivity index (χ3n) is 15.5. The van der Waals surface area contributed by atoms with Gasteiger partial charge in [-0.15, -0.1) is 0 Å². The average Bonchev–Trinajstić information content (AvgIpc) is 3.04. The Kier molecular flexibility index (Phi) is 9.00. The highest BCUT2D eigenvalue weighted by Crippen LogP contribution is 2.75. The maximum atomic E-state index is 14.8. The number of amides is 1. The number of carbonyl (C=O) groups is 3. The molecular weight excluding hydrogens is 618 g/mol. The molecule has 1 aromatic carbocycles. The van der Waals surface area contributed by atoms with Crippen LogP contribution in [0, 0.1) is 45.3 Å². The molecule has 4 unspecified atom stereocenters. The van der Waals surface area contributed by atoms with E-state index in [1.165, 1.54) is 19.6 Å². The zero-order chi connectivity index (χ0) is 35.8. The van der Waals surface area contributed by atoms with Crippen molar-refractivity contribution in [1.29, 1.82) is 0 Å². The van der Waals surface area contributed by atoms with E-state index in [9.17, 15) is 24.6 Å². The average molecular weight is 678 g/mol. The second-order valence-corrected chi connectivity index (χ2v) is 17.6. The van der Waals surface area contributed by atoms with Gasteiger partial charge >= 0.3 is 11.9 Å². The summed E-state index contributed by atoms with van der Waals surface area (Å²) in [4.78, 5) is 40.2. The monoisotopic (exact) mass is 677 g/mol. The number of hydrogen-bond acceptors (Lipinski definition) is 7. The Morgan fingerprint density at radius 3 is 2.29 bits per heavy atom. The van der Waals surface area contributed by atoms with Crippen molar-refractivity contribution in [2.45, 2.75) is 136 Å². The summed E-state index contributed by atoms with van der Waals surface area (Å²) in [6.45, 7) is 14.6. The first-order valence-corrected chi connectivity index (χ1v) is 18.6. The predicted molar refractivity (Wildman–Crippen MR) is 187 cm³/mol. The zero-order valence-corrected chi connectivity index (χ0v) is 30.9. The van der Waals surface area contributed by atoms with E-state index in [0.717, 1.165) is 44.1 Å². The third kappa shape index (κ3) is 5.24. The van der Waals surface area contributed by atoms with Gasteiger partial charge in [-0.05, 0) is 105 Å². The molecule has 1 amide bonds. The van der Waals surface area contributed by atoms with Gasteiger partial charge in [0.25, 0.3) is 0 Å². The summed E-state index contributed by atoms with van der Waals surface area (Å²) in [5.74, 6) is -1.11. The Balaban J connectivity index is 1.39. The van der Waals surface area contributed by atoms with E-state index in [1.807, 2.05) is 44.2 Å². The quantitative estimate of drug-likeness (QED) is 0.238. The highest BCUT2D eigenvalue weighted by Gasteiger charge is 2.72. The van der Waals surface area contributed by atoms with Crippen LogP contribution in [0.4, 0.5) is 0 Å². The van der Waals surface area contributed by atoms with Crippen LogP contribution >= 0.6 is 0 Å². The van der Waals surface area contributed by atoms with Crippen molar-refractivity contribution in [3.05, 3.63) is 47.5 Å². The molecule has 0 radical (unpaired) electrons. The van der Waals surface area contributed by atoms with Crippen molar-refractivity contribution in [1.82, 2.24) is 5.32 Å². The van der Waals surface area contributed by atoms with Crippen LogP contribution in [0.5, 0.6) is 0 Å². The van der Waals surface area contributed by atoms with Gasteiger partial charge in [-0.25, -0.2) is 4.79 Å². The van der Waals surface area contributed by atoms with Gasteiger partial charge in [-0.2, -0.15) is 0 Å². The number of allylic oxidation sites excluding steroid dienone is 1. The van der Waals surface area contributed by atoms with Gasteiger partial charge in [-0.3, -0.25) is 9.59 Å². The Labute approximate surface area is 292 Å². The second kappa shape index (κ2) is 12.2. The van der Waals surface area contributed by atoms with E-state index in [2.05, 4.69) is 39.1 Å². The fourth-order valence-electron chi connectivity index (χ4n) is 12.4. The number of fused-ring (bicyclic) bond motifs is 7. The van der Waals surface area contributed by atoms with Gasteiger partial charge in [0.1, 0.15) is 11.6 Å². The lowest BCUT2D eigenvalue weighted by molar-refractivity contribution is -0.247. The topological polar surface area (TPSA) is 122 Å². The molecule has 5 aliphatic rings. The first-order valence-electron chi connectivity index (χ1n) is 18.6. The molecule has 0 heterocycles. The molecule has 0 aliphatic heterocycles. The molecule has 1 aromatic rings. The zero-order valence-electron chi connectivity index (χ0n) is 30.9. The smallest absolute Gasteiger partial charge is 0.328 e. The number of carbonyl (C=O) groups excluding carboxylic acids is 3. The molecule has 8 nitrogen and oxygen atoms in total. The summed E-state index contributed by atoms with van der Waals surface area (Å²) in [6.07, 6.45) is 8.75. The number of rotatable bonds is 6. The van der Waals surface area contributed by atoms with Gasteiger partial charge in [0.05, 0.1) is 24.2 Å². The van der Waals surface area contributed by atoms with Gasteiger partial charge in [-0.1, -0.05) is 69.7 Å². The number of ether oxygens (including phenoxy) is 2. The summed E-state index contributed by atoms with van der Waals surface area (Å²) >= 11 is 0. The second-order valence-electron chi connectivity index (χ2n) is 17.6. The van der Waals surface area contributed by atoms with Crippen molar-refractivity contribution in [2.24, 2.45) is 45.3 Å². The molecule has 8 heteroatoms. The van der Waals surface area contributed by atoms with E-state index in [4.69, 9.17) is 9.47 Å². The first kappa shape index (κ1) is 36.1. The number of esters is 2. The highest BCUT2D eigenvalue weighted by molar-refractivity contribution is 5.89. The lowest BCUT2D eigenvalue weighted by Crippen LogP contribution is -2.70. The normalized spacial score (nSPS) is 44.9. The molecule has 3 N–H and O–H groups in total. The van der Waals surface area contributed by atoms with Crippen molar-refractivity contribution in [2.75, 3.05) is 7.11 Å². The summed E-state index contributed by atoms with van der Waals surface area (Å²) in [6, 6.07) is 8.83. The fourth-order valence-corrected chi connectivity index (χ4v) is 12.4. The predicted octanol–water partition coefficient (Wildman–Crippen LogP) is 6.32. The molecule has 0 spiro atoms. The molecule has 12 atom stereocenters. The Hall–Kier alpha value is -2.71. The van der Waals surface area contributed by atoms with Crippen LogP contribution in [0.3, 0.4) is 0 Å². The van der Waals surface area contributed by atoms with E-state index >= 15 is 0 Å². The van der Waals surface area contributed by atoms with E-state index in [1.54, 1.807) is 0 Å². The maximum absolute atomic E-state index is 14.8. The summed E-state index contributed by atoms with van der Waals surface area (Å²) < 4.78 is 11.2. The first-order chi connectivity index (χ1) is 22.9. The molecule has 6 rings (SSSR count). The fraction of sp³-hybridized carbons (Fsp3) is 0.732. The number of methoxy groups -OCH3 is 1. The summed E-state index contributed by atoms with van der Waals surface area (Å²) in [5.41, 5.74) is -1.38. The van der Waals surface area contributed by atoms with Gasteiger partial charge in [0.15, 0.2) is 0 Å². The largest absolute Gasteiger partial charge is 0.467 e. The van der Waals surface area contributed by atoms with Crippen LogP contribution in [0.25, 0.3) is 0 Å². The SMILES string of the molecule is COC(=O)C(Cc1ccccc1)NC(=O)[C@]12CC[C@@H](C)[C@@](C)(O)C1C1=CCC3[C@@]4(C)CC[C@H](O)[C@@](C)(OC(C)=O)C4CC[C@@]3(C)[C@]1(C)CC2. The molecule has 5 aliphatic carbocycles. The standard InChI is InChI=1S/C41H59NO7/c1-25-16-21-41(35(46)42-29(34(45)48-8)24-27-12-10-9-11-13-27)23-22-37(4)28(33(41)39(25,6)47)14-15-30-36(3)19-18-32(44)40(7,49-26(2)43)31(36)17-20-38(30,37)5/h9-14,25,29-33,44,47H,15-24H2,1-8H3,(H,42,46)/t25-,29?,30?,31?,32+,33?,36-,37-,38-,39-,40+,41+/m1/s1. The Morgan fingerprint density at radius 1 is 0.939 bits per heavy atom. The van der Waals surface area contributed by atoms with E-state index in [0.29, 0.717) is 25.7 Å². The lowest BCUT2D eigenvalue weighted by Gasteiger charge is -2.71. The molecule has 49 heavy (non-hydrogen) atoms. The molecule has 4 saturated carbocycles. The van der Waals surface area contributed by atoms with Crippen molar-refractivity contribution in [3.8, 4) is 0 Å². The molecule has 4 fully saturated rings. The number of hydrogen-bond donors (Lipinski definition) is 3. The minimum Gasteiger partial charge on any atom is -0.467 e. The Morgan fingerprint density at radius 2 is 1.63 bits per heavy atom. The van der Waals surface area contributed by atoms with E-state index in [-0.39, 0.29) is 45.9 Å². The van der Waals surface area contributed by atoms with E-state index < -0.39 is 40.7 Å². The minimum atomic E-state index is -1.13. The molecule has 0 bridgehead atoms. The van der Waals surface area contributed by atoms with Crippen LogP contribution < -0.4 is 5.32 Å². The molecule has 0 saturated heterocycles. The minimum absolute atomic E-state index is 0.00884. The lowest BCUT2D eigenvalue weighted by atomic mass is 9.33. The molecular formula is C41H59NO7. The van der Waals surface area contributed by atoms with Crippen LogP contribution in [0.15, 0.2) is 42.0 Å². The van der Waals surface area contributed by atoms with Crippen molar-refractivity contribution >= 4 is 17.8 Å². The number of aliphatic hydroxyl groups is 2. The van der Waals surface area contributed by atoms with Gasteiger partial charge < -0.3 is 25.0 Å².